The van der Waals surface area contributed by atoms with Gasteiger partial charge in [0.25, 0.3) is 11.8 Å². The van der Waals surface area contributed by atoms with Gasteiger partial charge in [0.05, 0.1) is 23.3 Å². The first kappa shape index (κ1) is 25.3. The number of benzene rings is 2. The van der Waals surface area contributed by atoms with Crippen LogP contribution in [0.1, 0.15) is 55.7 Å². The molecule has 0 unspecified atom stereocenters. The maximum atomic E-state index is 13.2. The number of amides is 4. The minimum atomic E-state index is -0.750. The monoisotopic (exact) mass is 507 g/mol. The number of halogens is 1. The zero-order valence-electron chi connectivity index (χ0n) is 19.9. The van der Waals surface area contributed by atoms with Crippen molar-refractivity contribution >= 4 is 35.5 Å². The second kappa shape index (κ2) is 11.3. The van der Waals surface area contributed by atoms with Gasteiger partial charge in [0.2, 0.25) is 0 Å². The van der Waals surface area contributed by atoms with Crippen LogP contribution in [-0.2, 0) is 16.2 Å². The minimum absolute atomic E-state index is 0.101. The van der Waals surface area contributed by atoms with Crippen molar-refractivity contribution in [1.29, 1.82) is 5.26 Å². The molecule has 2 aromatic carbocycles. The van der Waals surface area contributed by atoms with Crippen molar-refractivity contribution in [3.05, 3.63) is 63.7 Å². The zero-order valence-corrected chi connectivity index (χ0v) is 20.6. The van der Waals surface area contributed by atoms with Gasteiger partial charge >= 0.3 is 6.03 Å². The van der Waals surface area contributed by atoms with Crippen molar-refractivity contribution in [3.63, 3.8) is 0 Å². The normalized spacial score (nSPS) is 17.6. The van der Waals surface area contributed by atoms with Crippen molar-refractivity contribution < 1.29 is 23.9 Å². The number of urea groups is 1. The summed E-state index contributed by atoms with van der Waals surface area (Å²) in [7, 11) is 0. The molecular formula is C27H26ClN3O5. The number of carbonyl (C=O) groups is 3. The van der Waals surface area contributed by atoms with E-state index in [9.17, 15) is 19.6 Å². The molecule has 36 heavy (non-hydrogen) atoms. The number of hydrogen-bond donors (Lipinski definition) is 1. The fourth-order valence-electron chi connectivity index (χ4n) is 4.49. The highest BCUT2D eigenvalue weighted by molar-refractivity contribution is 6.33. The van der Waals surface area contributed by atoms with Crippen molar-refractivity contribution in [2.45, 2.75) is 51.7 Å². The molecule has 0 aromatic heterocycles. The molecular weight excluding hydrogens is 482 g/mol. The van der Waals surface area contributed by atoms with E-state index < -0.39 is 17.8 Å². The molecule has 9 heteroatoms. The fourth-order valence-corrected chi connectivity index (χ4v) is 4.76. The number of imide groups is 2. The molecule has 4 rings (SSSR count). The largest absolute Gasteiger partial charge is 0.490 e. The molecule has 8 nitrogen and oxygen atoms in total. The Hall–Kier alpha value is -3.83. The molecule has 0 spiro atoms. The van der Waals surface area contributed by atoms with Gasteiger partial charge in [-0.15, -0.1) is 0 Å². The van der Waals surface area contributed by atoms with Crippen LogP contribution in [0.15, 0.2) is 42.0 Å². The summed E-state index contributed by atoms with van der Waals surface area (Å²) in [6.45, 7) is 2.23. The van der Waals surface area contributed by atoms with E-state index in [-0.39, 0.29) is 29.0 Å². The van der Waals surface area contributed by atoms with E-state index >= 15 is 0 Å². The molecule has 2 aromatic rings. The second-order valence-corrected chi connectivity index (χ2v) is 9.01. The topological polar surface area (TPSA) is 109 Å². The van der Waals surface area contributed by atoms with E-state index in [1.807, 2.05) is 6.07 Å². The van der Waals surface area contributed by atoms with Crippen LogP contribution in [0.3, 0.4) is 0 Å². The SMILES string of the molecule is CCOc1cc(C=C2C(=O)NC(=O)N(C3CCCCC3)C2=O)cc(Cl)c1OCc1ccccc1C#N. The molecule has 0 bridgehead atoms. The molecule has 1 saturated carbocycles. The molecule has 2 fully saturated rings. The smallest absolute Gasteiger partial charge is 0.331 e. The van der Waals surface area contributed by atoms with Gasteiger partial charge in [0.1, 0.15) is 12.2 Å². The molecule has 1 N–H and O–H groups in total. The summed E-state index contributed by atoms with van der Waals surface area (Å²) in [6.07, 6.45) is 5.79. The van der Waals surface area contributed by atoms with E-state index in [1.165, 1.54) is 11.0 Å². The number of barbiturate groups is 1. The lowest BCUT2D eigenvalue weighted by atomic mass is 9.93. The Morgan fingerprint density at radius 2 is 1.89 bits per heavy atom. The van der Waals surface area contributed by atoms with Crippen molar-refractivity contribution in [2.24, 2.45) is 0 Å². The number of carbonyl (C=O) groups excluding carboxylic acids is 3. The van der Waals surface area contributed by atoms with Gasteiger partial charge in [0, 0.05) is 11.6 Å². The van der Waals surface area contributed by atoms with Gasteiger partial charge in [-0.3, -0.25) is 19.8 Å². The Morgan fingerprint density at radius 3 is 2.61 bits per heavy atom. The molecule has 186 valence electrons. The fraction of sp³-hybridized carbons (Fsp3) is 0.333. The maximum absolute atomic E-state index is 13.2. The van der Waals surface area contributed by atoms with E-state index in [2.05, 4.69) is 11.4 Å². The quantitative estimate of drug-likeness (QED) is 0.418. The summed E-state index contributed by atoms with van der Waals surface area (Å²) < 4.78 is 11.6. The van der Waals surface area contributed by atoms with Gasteiger partial charge in [-0.2, -0.15) is 5.26 Å². The van der Waals surface area contributed by atoms with Crippen LogP contribution in [0.4, 0.5) is 4.79 Å². The predicted molar refractivity (Wildman–Crippen MR) is 133 cm³/mol. The number of rotatable bonds is 7. The summed E-state index contributed by atoms with van der Waals surface area (Å²) in [5.41, 5.74) is 1.49. The van der Waals surface area contributed by atoms with Gasteiger partial charge in [0.15, 0.2) is 11.5 Å². The van der Waals surface area contributed by atoms with Crippen LogP contribution in [0.5, 0.6) is 11.5 Å². The van der Waals surface area contributed by atoms with Crippen LogP contribution < -0.4 is 14.8 Å². The first-order valence-electron chi connectivity index (χ1n) is 11.9. The first-order chi connectivity index (χ1) is 17.4. The van der Waals surface area contributed by atoms with Gasteiger partial charge in [-0.1, -0.05) is 49.1 Å². The third kappa shape index (κ3) is 5.37. The molecule has 1 aliphatic carbocycles. The van der Waals surface area contributed by atoms with Crippen LogP contribution >= 0.6 is 11.6 Å². The maximum Gasteiger partial charge on any atom is 0.331 e. The molecule has 1 heterocycles. The third-order valence-electron chi connectivity index (χ3n) is 6.23. The van der Waals surface area contributed by atoms with E-state index in [1.54, 1.807) is 37.3 Å². The Balaban J connectivity index is 1.63. The summed E-state index contributed by atoms with van der Waals surface area (Å²) in [5.74, 6) is -0.750. The molecule has 2 aliphatic rings. The lowest BCUT2D eigenvalue weighted by Gasteiger charge is -2.35. The summed E-state index contributed by atoms with van der Waals surface area (Å²) in [5, 5.41) is 11.8. The highest BCUT2D eigenvalue weighted by Crippen LogP contribution is 2.38. The van der Waals surface area contributed by atoms with Crippen LogP contribution in [-0.4, -0.2) is 35.4 Å². The standard InChI is InChI=1S/C27H26ClN3O5/c1-2-35-23-14-17(13-22(28)24(23)36-16-19-9-7-6-8-18(19)15-29)12-21-25(32)30-27(34)31(26(21)33)20-10-4-3-5-11-20/h6-9,12-14,20H,2-5,10-11,16H2,1H3,(H,30,32,34). The Kier molecular flexibility index (Phi) is 7.91. The zero-order chi connectivity index (χ0) is 25.7. The summed E-state index contributed by atoms with van der Waals surface area (Å²) >= 11 is 6.52. The number of hydrogen-bond acceptors (Lipinski definition) is 6. The molecule has 1 saturated heterocycles. The molecule has 4 amide bonds. The highest BCUT2D eigenvalue weighted by atomic mass is 35.5. The lowest BCUT2D eigenvalue weighted by molar-refractivity contribution is -0.132. The first-order valence-corrected chi connectivity index (χ1v) is 12.3. The number of nitriles is 1. The Morgan fingerprint density at radius 1 is 1.14 bits per heavy atom. The number of nitrogens with one attached hydrogen (secondary N) is 1. The predicted octanol–water partition coefficient (Wildman–Crippen LogP) is 4.98. The summed E-state index contributed by atoms with van der Waals surface area (Å²) in [6, 6.07) is 11.5. The third-order valence-corrected chi connectivity index (χ3v) is 6.51. The molecule has 0 atom stereocenters. The highest BCUT2D eigenvalue weighted by Gasteiger charge is 2.40. The van der Waals surface area contributed by atoms with Gasteiger partial charge in [-0.05, 0) is 49.6 Å². The summed E-state index contributed by atoms with van der Waals surface area (Å²) in [4.78, 5) is 39.4. The average molecular weight is 508 g/mol. The Labute approximate surface area is 214 Å². The molecule has 1 aliphatic heterocycles. The lowest BCUT2D eigenvalue weighted by Crippen LogP contribution is -2.58. The van der Waals surface area contributed by atoms with Gasteiger partial charge < -0.3 is 9.47 Å². The number of nitrogens with zero attached hydrogens (tertiary/aromatic N) is 2. The van der Waals surface area contributed by atoms with Crippen molar-refractivity contribution in [3.8, 4) is 17.6 Å². The van der Waals surface area contributed by atoms with Crippen LogP contribution in [0.25, 0.3) is 6.08 Å². The van der Waals surface area contributed by atoms with Gasteiger partial charge in [-0.25, -0.2) is 4.79 Å². The second-order valence-electron chi connectivity index (χ2n) is 8.60. The van der Waals surface area contributed by atoms with E-state index in [4.69, 9.17) is 21.1 Å². The van der Waals surface area contributed by atoms with Crippen molar-refractivity contribution in [2.75, 3.05) is 6.61 Å². The van der Waals surface area contributed by atoms with E-state index in [0.717, 1.165) is 32.1 Å². The molecule has 0 radical (unpaired) electrons. The number of ether oxygens (including phenoxy) is 2. The van der Waals surface area contributed by atoms with E-state index in [0.29, 0.717) is 29.0 Å². The minimum Gasteiger partial charge on any atom is -0.490 e. The van der Waals surface area contributed by atoms with Crippen LogP contribution in [0, 0.1) is 11.3 Å². The van der Waals surface area contributed by atoms with Crippen LogP contribution in [0.2, 0.25) is 5.02 Å². The average Bonchev–Trinajstić information content (AvgIpc) is 2.87. The Bertz CT molecular complexity index is 1260. The van der Waals surface area contributed by atoms with Crippen molar-refractivity contribution in [1.82, 2.24) is 10.2 Å².